The lowest BCUT2D eigenvalue weighted by Gasteiger charge is -2.47. The summed E-state index contributed by atoms with van der Waals surface area (Å²) in [5.74, 6) is -1.30. The molecule has 320 valence electrons. The van der Waals surface area contributed by atoms with E-state index in [2.05, 4.69) is 54.4 Å². The molecule has 0 saturated carbocycles. The lowest BCUT2D eigenvalue weighted by Crippen LogP contribution is -2.60. The molecule has 4 aromatic rings. The molecular formula is C42H48ClN11O7. The first-order valence-electron chi connectivity index (χ1n) is 20.3. The average molecular weight is 854 g/mol. The van der Waals surface area contributed by atoms with Gasteiger partial charge in [0.15, 0.2) is 18.2 Å². The molecule has 0 aliphatic carbocycles. The Hall–Kier alpha value is -6.11. The number of nitrogens with one attached hydrogen (secondary N) is 3. The summed E-state index contributed by atoms with van der Waals surface area (Å²) < 4.78 is 6.98. The van der Waals surface area contributed by atoms with Gasteiger partial charge in [-0.15, -0.1) is 0 Å². The SMILES string of the molecule is CNC(=O)COc1cc2cc(Nc3nc(N4CCN(CC(C)(C)N5CCN(c6ccc7c(c6)C(=O)N(C6CCC(=O)NC6=O)C7=O)CC5)CC4)ncc3Cl)ccc2n(C)c1=O. The van der Waals surface area contributed by atoms with Gasteiger partial charge in [0.1, 0.15) is 11.1 Å². The number of ether oxygens (including phenoxy) is 1. The van der Waals surface area contributed by atoms with Gasteiger partial charge in [0.05, 0.1) is 22.8 Å². The fraction of sp³-hybridized carbons (Fsp3) is 0.429. The number of aromatic nitrogens is 3. The molecule has 4 aliphatic rings. The maximum atomic E-state index is 13.4. The molecule has 0 spiro atoms. The predicted molar refractivity (Wildman–Crippen MR) is 229 cm³/mol. The molecule has 3 saturated heterocycles. The topological polar surface area (TPSA) is 195 Å². The molecule has 6 heterocycles. The zero-order valence-corrected chi connectivity index (χ0v) is 35.3. The van der Waals surface area contributed by atoms with Crippen LogP contribution in [0.15, 0.2) is 53.5 Å². The number of anilines is 4. The summed E-state index contributed by atoms with van der Waals surface area (Å²) in [6.07, 6.45) is 1.79. The fourth-order valence-corrected chi connectivity index (χ4v) is 8.70. The Balaban J connectivity index is 0.849. The molecule has 3 N–H and O–H groups in total. The van der Waals surface area contributed by atoms with Crippen LogP contribution in [0.1, 0.15) is 47.4 Å². The van der Waals surface area contributed by atoms with Crippen molar-refractivity contribution in [1.29, 1.82) is 0 Å². The van der Waals surface area contributed by atoms with Crippen molar-refractivity contribution < 1.29 is 28.7 Å². The maximum Gasteiger partial charge on any atom is 0.293 e. The van der Waals surface area contributed by atoms with Gasteiger partial charge in [0, 0.05) is 102 Å². The Morgan fingerprint density at radius 1 is 0.918 bits per heavy atom. The number of hydrogen-bond donors (Lipinski definition) is 3. The van der Waals surface area contributed by atoms with Crippen molar-refractivity contribution in [2.75, 3.05) is 87.7 Å². The summed E-state index contributed by atoms with van der Waals surface area (Å²) in [7, 11) is 3.15. The largest absolute Gasteiger partial charge is 0.478 e. The van der Waals surface area contributed by atoms with E-state index in [0.29, 0.717) is 28.0 Å². The monoisotopic (exact) mass is 853 g/mol. The van der Waals surface area contributed by atoms with Crippen molar-refractivity contribution in [2.24, 2.45) is 7.05 Å². The van der Waals surface area contributed by atoms with Gasteiger partial charge >= 0.3 is 0 Å². The highest BCUT2D eigenvalue weighted by molar-refractivity contribution is 6.33. The highest BCUT2D eigenvalue weighted by Gasteiger charge is 2.45. The third kappa shape index (κ3) is 8.34. The van der Waals surface area contributed by atoms with Crippen LogP contribution in [-0.4, -0.2) is 143 Å². The number of carbonyl (C=O) groups excluding carboxylic acids is 5. The number of carbonyl (C=O) groups is 5. The summed E-state index contributed by atoms with van der Waals surface area (Å²) >= 11 is 6.57. The van der Waals surface area contributed by atoms with Gasteiger partial charge in [0.2, 0.25) is 17.8 Å². The van der Waals surface area contributed by atoms with Crippen LogP contribution in [0.2, 0.25) is 5.02 Å². The van der Waals surface area contributed by atoms with Crippen LogP contribution < -0.4 is 36.0 Å². The molecule has 61 heavy (non-hydrogen) atoms. The van der Waals surface area contributed by atoms with E-state index in [1.54, 1.807) is 31.4 Å². The van der Waals surface area contributed by atoms with Gasteiger partial charge in [-0.05, 0) is 62.7 Å². The highest BCUT2D eigenvalue weighted by Crippen LogP contribution is 2.32. The lowest BCUT2D eigenvalue weighted by atomic mass is 9.99. The van der Waals surface area contributed by atoms with Gasteiger partial charge in [-0.25, -0.2) is 4.98 Å². The number of benzene rings is 2. The van der Waals surface area contributed by atoms with E-state index < -0.39 is 29.7 Å². The minimum atomic E-state index is -0.993. The zero-order chi connectivity index (χ0) is 43.2. The highest BCUT2D eigenvalue weighted by atomic mass is 35.5. The number of likely N-dealkylation sites (N-methyl/N-ethyl adjacent to an activating group) is 1. The van der Waals surface area contributed by atoms with Gasteiger partial charge in [0.25, 0.3) is 23.3 Å². The third-order valence-corrected chi connectivity index (χ3v) is 12.3. The summed E-state index contributed by atoms with van der Waals surface area (Å²) in [6.45, 7) is 11.4. The minimum Gasteiger partial charge on any atom is -0.478 e. The zero-order valence-electron chi connectivity index (χ0n) is 34.5. The molecule has 0 bridgehead atoms. The number of amides is 5. The van der Waals surface area contributed by atoms with Gasteiger partial charge in [-0.3, -0.25) is 48.8 Å². The number of piperazine rings is 2. The van der Waals surface area contributed by atoms with Crippen molar-refractivity contribution >= 4 is 75.2 Å². The summed E-state index contributed by atoms with van der Waals surface area (Å²) in [6, 6.07) is 11.4. The van der Waals surface area contributed by atoms with Crippen LogP contribution in [0, 0.1) is 0 Å². The Labute approximate surface area is 356 Å². The molecule has 4 aliphatic heterocycles. The summed E-state index contributed by atoms with van der Waals surface area (Å²) in [5.41, 5.74) is 2.34. The first kappa shape index (κ1) is 41.6. The Kier molecular flexibility index (Phi) is 11.4. The smallest absolute Gasteiger partial charge is 0.293 e. The molecule has 19 heteroatoms. The molecule has 18 nitrogen and oxygen atoms in total. The summed E-state index contributed by atoms with van der Waals surface area (Å²) in [4.78, 5) is 94.9. The second kappa shape index (κ2) is 16.7. The van der Waals surface area contributed by atoms with Crippen LogP contribution in [0.25, 0.3) is 10.9 Å². The molecule has 5 amide bonds. The van der Waals surface area contributed by atoms with Crippen LogP contribution in [-0.2, 0) is 21.4 Å². The number of rotatable bonds is 11. The van der Waals surface area contributed by atoms with Crippen molar-refractivity contribution in [2.45, 2.75) is 38.3 Å². The van der Waals surface area contributed by atoms with E-state index in [-0.39, 0.29) is 53.3 Å². The number of fused-ring (bicyclic) bond motifs is 2. The minimum absolute atomic E-state index is 0.0676. The van der Waals surface area contributed by atoms with Gasteiger partial charge in [-0.1, -0.05) is 11.6 Å². The average Bonchev–Trinajstić information content (AvgIpc) is 3.50. The summed E-state index contributed by atoms with van der Waals surface area (Å²) in [5, 5.41) is 9.10. The second-order valence-corrected chi connectivity index (χ2v) is 16.7. The number of pyridine rings is 1. The van der Waals surface area contributed by atoms with E-state index in [1.165, 1.54) is 11.6 Å². The number of halogens is 1. The molecule has 2 aromatic carbocycles. The first-order chi connectivity index (χ1) is 29.2. The van der Waals surface area contributed by atoms with Crippen LogP contribution in [0.3, 0.4) is 0 Å². The number of aryl methyl sites for hydroxylation is 1. The van der Waals surface area contributed by atoms with Crippen LogP contribution in [0.4, 0.5) is 23.1 Å². The van der Waals surface area contributed by atoms with E-state index in [4.69, 9.17) is 21.3 Å². The van der Waals surface area contributed by atoms with Crippen molar-refractivity contribution in [3.8, 4) is 5.75 Å². The second-order valence-electron chi connectivity index (χ2n) is 16.3. The molecule has 3 fully saturated rings. The molecule has 0 radical (unpaired) electrons. The number of nitrogens with zero attached hydrogens (tertiary/aromatic N) is 8. The van der Waals surface area contributed by atoms with Crippen LogP contribution in [0.5, 0.6) is 5.75 Å². The fourth-order valence-electron chi connectivity index (χ4n) is 8.56. The Bertz CT molecular complexity index is 2500. The van der Waals surface area contributed by atoms with E-state index >= 15 is 0 Å². The van der Waals surface area contributed by atoms with Crippen molar-refractivity contribution in [3.63, 3.8) is 0 Å². The van der Waals surface area contributed by atoms with Crippen molar-refractivity contribution in [1.82, 2.24) is 39.9 Å². The van der Waals surface area contributed by atoms with E-state index in [0.717, 1.165) is 74.9 Å². The molecule has 2 aromatic heterocycles. The molecule has 1 unspecified atom stereocenters. The molecule has 8 rings (SSSR count). The lowest BCUT2D eigenvalue weighted by molar-refractivity contribution is -0.136. The number of piperidine rings is 1. The van der Waals surface area contributed by atoms with Gasteiger partial charge in [-0.2, -0.15) is 4.98 Å². The maximum absolute atomic E-state index is 13.4. The Morgan fingerprint density at radius 3 is 2.36 bits per heavy atom. The number of hydrogen-bond acceptors (Lipinski definition) is 14. The molecule has 1 atom stereocenters. The van der Waals surface area contributed by atoms with Crippen molar-refractivity contribution in [3.05, 3.63) is 75.2 Å². The Morgan fingerprint density at radius 2 is 1.64 bits per heavy atom. The number of imide groups is 2. The molecular weight excluding hydrogens is 806 g/mol. The predicted octanol–water partition coefficient (Wildman–Crippen LogP) is 1.97. The normalized spacial score (nSPS) is 19.0. The van der Waals surface area contributed by atoms with Crippen LogP contribution >= 0.6 is 11.6 Å². The van der Waals surface area contributed by atoms with E-state index in [9.17, 15) is 28.8 Å². The van der Waals surface area contributed by atoms with E-state index in [1.807, 2.05) is 24.3 Å². The third-order valence-electron chi connectivity index (χ3n) is 12.0. The standard InChI is InChI=1S/C42H48ClN11O7/c1-42(2,53-17-15-51(16-18-53)27-6-7-28-29(21-27)39(59)54(38(28)58)32-9-10-34(55)47-37(32)57)24-50-11-13-52(14-12-50)41-45-22-30(43)36(48-41)46-26-5-8-31-25(19-26)20-33(40(60)49(31)4)61-23-35(56)44-3/h5-8,19-22,32H,9-18,23-24H2,1-4H3,(H,44,56)(H,45,46,48)(H,47,55,57). The first-order valence-corrected chi connectivity index (χ1v) is 20.7. The quantitative estimate of drug-likeness (QED) is 0.186. The van der Waals surface area contributed by atoms with Gasteiger partial charge < -0.3 is 29.7 Å².